The second-order valence-corrected chi connectivity index (χ2v) is 16.6. The number of anilines is 3. The minimum Gasteiger partial charge on any atom is -0.309 e. The number of hydrogen-bond acceptors (Lipinski definition) is 1. The zero-order valence-electron chi connectivity index (χ0n) is 32.9. The molecule has 0 aliphatic carbocycles. The highest BCUT2D eigenvalue weighted by Gasteiger charge is 2.23. The summed E-state index contributed by atoms with van der Waals surface area (Å²) in [4.78, 5) is 2.48. The molecule has 0 fully saturated rings. The van der Waals surface area contributed by atoms with Crippen LogP contribution < -0.4 is 4.90 Å². The first-order valence-electron chi connectivity index (χ1n) is 20.3. The van der Waals surface area contributed by atoms with Crippen molar-refractivity contribution >= 4 is 71.2 Å². The van der Waals surface area contributed by atoms with E-state index < -0.39 is 0 Å². The second kappa shape index (κ2) is 13.2. The summed E-state index contributed by atoms with van der Waals surface area (Å²) in [6.45, 7) is 6.84. The quantitative estimate of drug-likeness (QED) is 0.154. The number of hydrogen-bond donors (Lipinski definition) is 0. The molecule has 11 rings (SSSR count). The van der Waals surface area contributed by atoms with Crippen LogP contribution in [0.5, 0.6) is 0 Å². The zero-order chi connectivity index (χ0) is 39.0. The molecule has 0 saturated carbocycles. The summed E-state index contributed by atoms with van der Waals surface area (Å²) >= 11 is 0. The monoisotopic (exact) mass is 742 g/mol. The highest BCUT2D eigenvalue weighted by molar-refractivity contribution is 6.27. The van der Waals surface area contributed by atoms with Gasteiger partial charge in [0, 0.05) is 32.8 Å². The van der Waals surface area contributed by atoms with Gasteiger partial charge in [-0.05, 0) is 97.7 Å². The summed E-state index contributed by atoms with van der Waals surface area (Å²) in [6.07, 6.45) is 0. The van der Waals surface area contributed by atoms with Crippen LogP contribution in [-0.2, 0) is 5.41 Å². The number of aromatic nitrogens is 1. The fourth-order valence-corrected chi connectivity index (χ4v) is 9.27. The van der Waals surface area contributed by atoms with Crippen LogP contribution in [0.4, 0.5) is 17.1 Å². The van der Waals surface area contributed by atoms with Crippen molar-refractivity contribution in [3.05, 3.63) is 206 Å². The number of para-hydroxylation sites is 3. The lowest BCUT2D eigenvalue weighted by molar-refractivity contribution is 0.590. The Morgan fingerprint density at radius 3 is 1.69 bits per heavy atom. The lowest BCUT2D eigenvalue weighted by Crippen LogP contribution is -2.14. The van der Waals surface area contributed by atoms with E-state index in [1.807, 2.05) is 0 Å². The maximum Gasteiger partial charge on any atom is 0.0541 e. The molecule has 11 aromatic rings. The second-order valence-electron chi connectivity index (χ2n) is 16.6. The van der Waals surface area contributed by atoms with Crippen molar-refractivity contribution in [3.63, 3.8) is 0 Å². The molecule has 0 N–H and O–H groups in total. The molecular weight excluding hydrogens is 701 g/mol. The summed E-state index contributed by atoms with van der Waals surface area (Å²) in [7, 11) is 0. The van der Waals surface area contributed by atoms with Gasteiger partial charge < -0.3 is 9.47 Å². The van der Waals surface area contributed by atoms with Gasteiger partial charge in [-0.25, -0.2) is 0 Å². The smallest absolute Gasteiger partial charge is 0.0541 e. The molecule has 0 aliphatic heterocycles. The molecule has 58 heavy (non-hydrogen) atoms. The minimum absolute atomic E-state index is 0.0419. The summed E-state index contributed by atoms with van der Waals surface area (Å²) < 4.78 is 2.46. The van der Waals surface area contributed by atoms with Crippen molar-refractivity contribution in [3.8, 4) is 27.9 Å². The minimum atomic E-state index is 0.0419. The van der Waals surface area contributed by atoms with Gasteiger partial charge in [-0.2, -0.15) is 0 Å². The Morgan fingerprint density at radius 1 is 0.397 bits per heavy atom. The number of nitrogens with zero attached hydrogens (tertiary/aromatic N) is 2. The van der Waals surface area contributed by atoms with Crippen LogP contribution in [0.15, 0.2) is 200 Å². The summed E-state index contributed by atoms with van der Waals surface area (Å²) in [5, 5.41) is 10.1. The largest absolute Gasteiger partial charge is 0.309 e. The van der Waals surface area contributed by atoms with Gasteiger partial charge in [0.2, 0.25) is 0 Å². The molecule has 0 bridgehead atoms. The van der Waals surface area contributed by atoms with Crippen LogP contribution in [-0.4, -0.2) is 4.57 Å². The lowest BCUT2D eigenvalue weighted by Gasteiger charge is -2.30. The molecule has 0 amide bonds. The van der Waals surface area contributed by atoms with Crippen molar-refractivity contribution in [2.24, 2.45) is 0 Å². The summed E-state index contributed by atoms with van der Waals surface area (Å²) in [5.41, 5.74) is 13.2. The van der Waals surface area contributed by atoms with E-state index >= 15 is 0 Å². The standard InChI is InChI=1S/C56H42N2/c1-56(2,3)42-28-30-43(31-29-42)57(49-21-10-7-18-44(49)41-17-13-16-40(36-41)37-14-5-4-6-15-37)52-34-26-38-25-33-48-53(35-27-39-24-32-47(52)54(38)55(39)48)58-50-22-11-8-19-45(50)46-20-9-12-23-51(46)58/h4-36H,1-3H3. The predicted molar refractivity (Wildman–Crippen MR) is 249 cm³/mol. The Labute approximate surface area is 339 Å². The SMILES string of the molecule is CC(C)(C)c1ccc(N(c2ccccc2-c2cccc(-c3ccccc3)c2)c2ccc3ccc4c(-n5c6ccccc6c6ccccc65)ccc5ccc2c3c54)cc1. The average molecular weight is 743 g/mol. The molecule has 2 heteroatoms. The molecule has 0 radical (unpaired) electrons. The van der Waals surface area contributed by atoms with Crippen LogP contribution in [0.25, 0.3) is 82.1 Å². The average Bonchev–Trinajstić information content (AvgIpc) is 3.60. The molecule has 0 spiro atoms. The van der Waals surface area contributed by atoms with Gasteiger partial charge in [-0.15, -0.1) is 0 Å². The molecule has 1 aromatic heterocycles. The normalized spacial score (nSPS) is 12.1. The molecule has 2 nitrogen and oxygen atoms in total. The molecule has 10 aromatic carbocycles. The van der Waals surface area contributed by atoms with Gasteiger partial charge in [-0.1, -0.05) is 172 Å². The van der Waals surface area contributed by atoms with E-state index in [1.54, 1.807) is 0 Å². The predicted octanol–water partition coefficient (Wildman–Crippen LogP) is 15.8. The van der Waals surface area contributed by atoms with Crippen molar-refractivity contribution < 1.29 is 0 Å². The van der Waals surface area contributed by atoms with Gasteiger partial charge in [-0.3, -0.25) is 0 Å². The summed E-state index contributed by atoms with van der Waals surface area (Å²) in [5.74, 6) is 0. The first-order chi connectivity index (χ1) is 28.4. The Hall–Kier alpha value is -7.16. The number of rotatable bonds is 6. The van der Waals surface area contributed by atoms with Gasteiger partial charge >= 0.3 is 0 Å². The molecule has 1 heterocycles. The van der Waals surface area contributed by atoms with Crippen LogP contribution >= 0.6 is 0 Å². The third kappa shape index (κ3) is 5.40. The van der Waals surface area contributed by atoms with Crippen LogP contribution in [0, 0.1) is 0 Å². The van der Waals surface area contributed by atoms with E-state index in [0.717, 1.165) is 17.1 Å². The zero-order valence-corrected chi connectivity index (χ0v) is 32.9. The van der Waals surface area contributed by atoms with Crippen LogP contribution in [0.2, 0.25) is 0 Å². The maximum absolute atomic E-state index is 2.48. The van der Waals surface area contributed by atoms with E-state index in [2.05, 4.69) is 230 Å². The molecule has 276 valence electrons. The molecule has 0 aliphatic rings. The highest BCUT2D eigenvalue weighted by atomic mass is 15.1. The van der Waals surface area contributed by atoms with Crippen molar-refractivity contribution in [2.45, 2.75) is 26.2 Å². The van der Waals surface area contributed by atoms with Crippen molar-refractivity contribution in [1.29, 1.82) is 0 Å². The van der Waals surface area contributed by atoms with Gasteiger partial charge in [0.1, 0.15) is 0 Å². The molecule has 0 unspecified atom stereocenters. The highest BCUT2D eigenvalue weighted by Crippen LogP contribution is 2.48. The Morgan fingerprint density at radius 2 is 0.966 bits per heavy atom. The molecule has 0 atom stereocenters. The van der Waals surface area contributed by atoms with E-state index in [4.69, 9.17) is 0 Å². The van der Waals surface area contributed by atoms with E-state index in [-0.39, 0.29) is 5.41 Å². The van der Waals surface area contributed by atoms with Crippen LogP contribution in [0.1, 0.15) is 26.3 Å². The first kappa shape index (κ1) is 34.1. The molecule has 0 saturated heterocycles. The number of benzene rings is 10. The maximum atomic E-state index is 2.48. The van der Waals surface area contributed by atoms with Gasteiger partial charge in [0.25, 0.3) is 0 Å². The number of fused-ring (bicyclic) bond motifs is 3. The van der Waals surface area contributed by atoms with Crippen LogP contribution in [0.3, 0.4) is 0 Å². The van der Waals surface area contributed by atoms with E-state index in [9.17, 15) is 0 Å². The summed E-state index contributed by atoms with van der Waals surface area (Å²) in [6, 6.07) is 73.9. The van der Waals surface area contributed by atoms with E-state index in [1.165, 1.54) is 87.6 Å². The lowest BCUT2D eigenvalue weighted by atomic mass is 9.87. The third-order valence-corrected chi connectivity index (χ3v) is 12.1. The van der Waals surface area contributed by atoms with Crippen molar-refractivity contribution in [1.82, 2.24) is 4.57 Å². The fourth-order valence-electron chi connectivity index (χ4n) is 9.27. The van der Waals surface area contributed by atoms with Gasteiger partial charge in [0.05, 0.1) is 28.1 Å². The Balaban J connectivity index is 1.17. The topological polar surface area (TPSA) is 8.17 Å². The van der Waals surface area contributed by atoms with Crippen molar-refractivity contribution in [2.75, 3.05) is 4.90 Å². The van der Waals surface area contributed by atoms with E-state index in [0.29, 0.717) is 0 Å². The molecular formula is C56H42N2. The fraction of sp³-hybridized carbons (Fsp3) is 0.0714. The van der Waals surface area contributed by atoms with Gasteiger partial charge in [0.15, 0.2) is 0 Å². The Kier molecular flexibility index (Phi) is 7.78. The first-order valence-corrected chi connectivity index (χ1v) is 20.3. The third-order valence-electron chi connectivity index (χ3n) is 12.1. The Bertz CT molecular complexity index is 3260.